The van der Waals surface area contributed by atoms with Crippen molar-refractivity contribution in [2.45, 2.75) is 39.3 Å². The molecule has 0 saturated heterocycles. The summed E-state index contributed by atoms with van der Waals surface area (Å²) in [7, 11) is 1.56. The topological polar surface area (TPSA) is 138 Å². The van der Waals surface area contributed by atoms with Gasteiger partial charge in [0, 0.05) is 10.9 Å². The zero-order chi connectivity index (χ0) is 23.3. The summed E-state index contributed by atoms with van der Waals surface area (Å²) in [5, 5.41) is 6.13. The highest BCUT2D eigenvalue weighted by atomic mass is 16.5. The number of nitrogens with one attached hydrogen (secondary N) is 4. The van der Waals surface area contributed by atoms with Gasteiger partial charge in [-0.1, -0.05) is 19.9 Å². The van der Waals surface area contributed by atoms with Crippen LogP contribution in [0.25, 0.3) is 10.9 Å². The number of benzene rings is 1. The van der Waals surface area contributed by atoms with Gasteiger partial charge < -0.3 is 30.1 Å². The van der Waals surface area contributed by atoms with Crippen LogP contribution in [0.15, 0.2) is 36.8 Å². The van der Waals surface area contributed by atoms with Crippen LogP contribution < -0.4 is 20.1 Å². The van der Waals surface area contributed by atoms with Crippen LogP contribution in [0.1, 0.15) is 37.7 Å². The lowest BCUT2D eigenvalue weighted by Gasteiger charge is -2.21. The third-order valence-electron chi connectivity index (χ3n) is 4.81. The normalized spacial score (nSPS) is 12.9. The molecule has 3 rings (SSSR count). The number of carbonyl (C=O) groups excluding carboxylic acids is 3. The van der Waals surface area contributed by atoms with Crippen molar-refractivity contribution in [1.29, 1.82) is 0 Å². The van der Waals surface area contributed by atoms with Crippen LogP contribution in [0.5, 0.6) is 11.6 Å². The first kappa shape index (κ1) is 22.9. The molecule has 2 heterocycles. The van der Waals surface area contributed by atoms with Crippen molar-refractivity contribution in [1.82, 2.24) is 25.6 Å². The molecule has 1 unspecified atom stereocenters. The smallest absolute Gasteiger partial charge is 0.335 e. The van der Waals surface area contributed by atoms with E-state index in [1.807, 2.05) is 26.0 Å². The third kappa shape index (κ3) is 5.45. The quantitative estimate of drug-likeness (QED) is 0.375. The SMILES string of the molecule is COc1cccc2[nH]c(C(=O)N[C@@H](CC(C)C)C(=O)NC(C)C(=O)Oc3cnc[nH]3)cc12. The van der Waals surface area contributed by atoms with Gasteiger partial charge in [-0.05, 0) is 37.5 Å². The monoisotopic (exact) mass is 441 g/mol. The first-order chi connectivity index (χ1) is 15.3. The molecule has 3 aromatic rings. The number of aromatic nitrogens is 3. The van der Waals surface area contributed by atoms with Gasteiger partial charge in [-0.25, -0.2) is 9.78 Å². The predicted molar refractivity (Wildman–Crippen MR) is 117 cm³/mol. The number of imidazole rings is 1. The second-order valence-corrected chi connectivity index (χ2v) is 7.83. The summed E-state index contributed by atoms with van der Waals surface area (Å²) in [5.41, 5.74) is 1.05. The summed E-state index contributed by atoms with van der Waals surface area (Å²) < 4.78 is 10.4. The molecule has 0 bridgehead atoms. The Morgan fingerprint density at radius 3 is 2.59 bits per heavy atom. The van der Waals surface area contributed by atoms with E-state index in [9.17, 15) is 14.4 Å². The molecule has 2 atom stereocenters. The van der Waals surface area contributed by atoms with Crippen LogP contribution in [-0.2, 0) is 9.59 Å². The minimum atomic E-state index is -0.922. The maximum absolute atomic E-state index is 12.9. The summed E-state index contributed by atoms with van der Waals surface area (Å²) in [4.78, 5) is 47.4. The van der Waals surface area contributed by atoms with Crippen LogP contribution in [-0.4, -0.2) is 51.9 Å². The predicted octanol–water partition coefficient (Wildman–Crippen LogP) is 2.15. The van der Waals surface area contributed by atoms with Gasteiger partial charge in [0.2, 0.25) is 11.8 Å². The molecular weight excluding hydrogens is 414 g/mol. The minimum absolute atomic E-state index is 0.126. The fourth-order valence-electron chi connectivity index (χ4n) is 3.24. The van der Waals surface area contributed by atoms with E-state index in [4.69, 9.17) is 9.47 Å². The Balaban J connectivity index is 1.69. The van der Waals surface area contributed by atoms with Crippen LogP contribution in [0.2, 0.25) is 0 Å². The Bertz CT molecular complexity index is 1090. The molecule has 170 valence electrons. The fourth-order valence-corrected chi connectivity index (χ4v) is 3.24. The number of ether oxygens (including phenoxy) is 2. The second kappa shape index (κ2) is 9.99. The molecule has 0 aliphatic heterocycles. The highest BCUT2D eigenvalue weighted by Crippen LogP contribution is 2.26. The van der Waals surface area contributed by atoms with Gasteiger partial charge >= 0.3 is 5.97 Å². The van der Waals surface area contributed by atoms with E-state index >= 15 is 0 Å². The summed E-state index contributed by atoms with van der Waals surface area (Å²) in [6.07, 6.45) is 3.12. The molecule has 2 amide bonds. The molecule has 0 radical (unpaired) electrons. The summed E-state index contributed by atoms with van der Waals surface area (Å²) in [6, 6.07) is 5.38. The Kier molecular flexibility index (Phi) is 7.14. The van der Waals surface area contributed by atoms with Crippen LogP contribution >= 0.6 is 0 Å². The van der Waals surface area contributed by atoms with Gasteiger partial charge in [-0.15, -0.1) is 0 Å². The number of rotatable bonds is 9. The standard InChI is InChI=1S/C22H27N5O5/c1-12(2)8-16(20(28)25-13(3)22(30)32-19-10-23-11-24-19)27-21(29)17-9-14-15(26-17)6-5-7-18(14)31-4/h5-7,9-13,16,26H,8H2,1-4H3,(H,23,24)(H,25,28)(H,27,29)/t13?,16-/m0/s1. The molecule has 0 aliphatic rings. The fraction of sp³-hybridized carbons (Fsp3) is 0.364. The van der Waals surface area contributed by atoms with Crippen molar-refractivity contribution in [3.63, 3.8) is 0 Å². The summed E-state index contributed by atoms with van der Waals surface area (Å²) >= 11 is 0. The van der Waals surface area contributed by atoms with Crippen LogP contribution in [0.4, 0.5) is 0 Å². The Labute approximate surface area is 185 Å². The van der Waals surface area contributed by atoms with Gasteiger partial charge in [0.15, 0.2) is 0 Å². The van der Waals surface area contributed by atoms with Gasteiger partial charge in [0.1, 0.15) is 23.5 Å². The molecule has 32 heavy (non-hydrogen) atoms. The highest BCUT2D eigenvalue weighted by molar-refractivity contribution is 6.01. The van der Waals surface area contributed by atoms with Crippen molar-refractivity contribution < 1.29 is 23.9 Å². The second-order valence-electron chi connectivity index (χ2n) is 7.83. The highest BCUT2D eigenvalue weighted by Gasteiger charge is 2.27. The first-order valence-corrected chi connectivity index (χ1v) is 10.3. The molecule has 0 aliphatic carbocycles. The van der Waals surface area contributed by atoms with Crippen molar-refractivity contribution in [3.05, 3.63) is 42.5 Å². The molecule has 4 N–H and O–H groups in total. The average Bonchev–Trinajstić information content (AvgIpc) is 3.42. The number of esters is 1. The van der Waals surface area contributed by atoms with Crippen molar-refractivity contribution >= 4 is 28.7 Å². The maximum atomic E-state index is 12.9. The number of hydrogen-bond acceptors (Lipinski definition) is 6. The molecule has 10 nitrogen and oxygen atoms in total. The van der Waals surface area contributed by atoms with Crippen molar-refractivity contribution in [3.8, 4) is 11.6 Å². The van der Waals surface area contributed by atoms with Crippen LogP contribution in [0, 0.1) is 5.92 Å². The van der Waals surface area contributed by atoms with Gasteiger partial charge in [-0.2, -0.15) is 0 Å². The maximum Gasteiger partial charge on any atom is 0.335 e. The average molecular weight is 441 g/mol. The largest absolute Gasteiger partial charge is 0.496 e. The molecule has 0 spiro atoms. The van der Waals surface area contributed by atoms with Gasteiger partial charge in [-0.3, -0.25) is 9.59 Å². The lowest BCUT2D eigenvalue weighted by Crippen LogP contribution is -2.51. The zero-order valence-corrected chi connectivity index (χ0v) is 18.4. The number of nitrogens with zero attached hydrogens (tertiary/aromatic N) is 1. The number of amides is 2. The summed E-state index contributed by atoms with van der Waals surface area (Å²) in [6.45, 7) is 5.39. The van der Waals surface area contributed by atoms with Crippen molar-refractivity contribution in [2.75, 3.05) is 7.11 Å². The Morgan fingerprint density at radius 2 is 1.94 bits per heavy atom. The number of aromatic amines is 2. The summed E-state index contributed by atoms with van der Waals surface area (Å²) in [5.74, 6) is -0.621. The van der Waals surface area contributed by atoms with E-state index in [1.165, 1.54) is 19.4 Å². The zero-order valence-electron chi connectivity index (χ0n) is 18.4. The van der Waals surface area contributed by atoms with E-state index in [1.54, 1.807) is 19.2 Å². The molecule has 2 aromatic heterocycles. The third-order valence-corrected chi connectivity index (χ3v) is 4.81. The Hall–Kier alpha value is -3.82. The number of H-pyrrole nitrogens is 2. The lowest BCUT2D eigenvalue weighted by atomic mass is 10.0. The number of methoxy groups -OCH3 is 1. The Morgan fingerprint density at radius 1 is 1.16 bits per heavy atom. The molecule has 10 heteroatoms. The van der Waals surface area contributed by atoms with E-state index in [-0.39, 0.29) is 11.8 Å². The van der Waals surface area contributed by atoms with E-state index < -0.39 is 29.9 Å². The van der Waals surface area contributed by atoms with Crippen LogP contribution in [0.3, 0.4) is 0 Å². The van der Waals surface area contributed by atoms with E-state index in [0.29, 0.717) is 17.9 Å². The molecule has 0 fully saturated rings. The minimum Gasteiger partial charge on any atom is -0.496 e. The van der Waals surface area contributed by atoms with Crippen molar-refractivity contribution in [2.24, 2.45) is 5.92 Å². The number of carbonyl (C=O) groups is 3. The van der Waals surface area contributed by atoms with Gasteiger partial charge in [0.05, 0.1) is 19.6 Å². The van der Waals surface area contributed by atoms with E-state index in [2.05, 4.69) is 25.6 Å². The number of hydrogen-bond donors (Lipinski definition) is 4. The molecule has 1 aromatic carbocycles. The molecular formula is C22H27N5O5. The van der Waals surface area contributed by atoms with Gasteiger partial charge in [0.25, 0.3) is 5.91 Å². The molecule has 0 saturated carbocycles. The first-order valence-electron chi connectivity index (χ1n) is 10.3. The number of fused-ring (bicyclic) bond motifs is 1. The lowest BCUT2D eigenvalue weighted by molar-refractivity contribution is -0.139. The van der Waals surface area contributed by atoms with E-state index in [0.717, 1.165) is 10.9 Å².